The van der Waals surface area contributed by atoms with Gasteiger partial charge in [-0.3, -0.25) is 14.9 Å². The van der Waals surface area contributed by atoms with E-state index in [-0.39, 0.29) is 11.9 Å². The van der Waals surface area contributed by atoms with Gasteiger partial charge in [-0.25, -0.2) is 0 Å². The van der Waals surface area contributed by atoms with E-state index in [1.54, 1.807) is 30.0 Å². The summed E-state index contributed by atoms with van der Waals surface area (Å²) in [5.74, 6) is 1.07. The molecular weight excluding hydrogens is 250 g/mol. The van der Waals surface area contributed by atoms with Crippen LogP contribution in [0.1, 0.15) is 15.9 Å². The summed E-state index contributed by atoms with van der Waals surface area (Å²) in [6.07, 6.45) is 0. The predicted octanol–water partition coefficient (Wildman–Crippen LogP) is 0.695. The van der Waals surface area contributed by atoms with Crippen molar-refractivity contribution in [2.45, 2.75) is 13.0 Å². The van der Waals surface area contributed by atoms with Crippen LogP contribution in [0, 0.1) is 6.92 Å². The Morgan fingerprint density at radius 2 is 2.28 bits per heavy atom. The average molecular weight is 265 g/mol. The second-order valence-corrected chi connectivity index (χ2v) is 5.19. The highest BCUT2D eigenvalue weighted by Crippen LogP contribution is 2.18. The Morgan fingerprint density at radius 1 is 1.50 bits per heavy atom. The summed E-state index contributed by atoms with van der Waals surface area (Å²) in [7, 11) is 0. The first-order valence-electron chi connectivity index (χ1n) is 5.60. The number of hydrogen-bond acceptors (Lipinski definition) is 4. The molecule has 4 N–H and O–H groups in total. The van der Waals surface area contributed by atoms with Gasteiger partial charge in [-0.15, -0.1) is 11.8 Å². The lowest BCUT2D eigenvalue weighted by atomic mass is 10.1. The third-order valence-electron chi connectivity index (χ3n) is 2.80. The second-order valence-electron chi connectivity index (χ2n) is 4.16. The predicted molar refractivity (Wildman–Crippen MR) is 72.6 cm³/mol. The largest absolute Gasteiger partial charge is 0.366 e. The lowest BCUT2D eigenvalue weighted by Gasteiger charge is -2.12. The number of primary amides is 1. The molecule has 0 radical (unpaired) electrons. The molecule has 5 nitrogen and oxygen atoms in total. The van der Waals surface area contributed by atoms with E-state index in [1.807, 2.05) is 6.92 Å². The number of thioether (sulfide) groups is 1. The molecule has 1 unspecified atom stereocenters. The van der Waals surface area contributed by atoms with E-state index < -0.39 is 5.91 Å². The smallest absolute Gasteiger partial charge is 0.248 e. The molecule has 1 fully saturated rings. The van der Waals surface area contributed by atoms with Crippen molar-refractivity contribution < 1.29 is 9.59 Å². The minimum Gasteiger partial charge on any atom is -0.366 e. The van der Waals surface area contributed by atoms with Crippen LogP contribution >= 0.6 is 11.8 Å². The standard InChI is InChI=1S/C12H15N3O2S/c1-7-4-8(11(13)16)2-3-9(7)15-12(17)10-5-18-6-14-10/h2-4,10,14H,5-6H2,1H3,(H2,13,16)(H,15,17). The van der Waals surface area contributed by atoms with Crippen LogP contribution in [0.5, 0.6) is 0 Å². The van der Waals surface area contributed by atoms with Crippen molar-refractivity contribution in [3.05, 3.63) is 29.3 Å². The van der Waals surface area contributed by atoms with Crippen LogP contribution in [0.3, 0.4) is 0 Å². The molecule has 6 heteroatoms. The average Bonchev–Trinajstić information content (AvgIpc) is 2.85. The maximum atomic E-state index is 11.9. The first kappa shape index (κ1) is 12.9. The van der Waals surface area contributed by atoms with E-state index in [1.165, 1.54) is 0 Å². The molecule has 1 aliphatic heterocycles. The molecule has 0 bridgehead atoms. The molecule has 0 spiro atoms. The molecule has 0 aromatic heterocycles. The van der Waals surface area contributed by atoms with Gasteiger partial charge < -0.3 is 11.1 Å². The number of amides is 2. The molecule has 1 aliphatic rings. The Bertz CT molecular complexity index is 484. The molecule has 1 saturated heterocycles. The molecule has 1 heterocycles. The summed E-state index contributed by atoms with van der Waals surface area (Å²) >= 11 is 1.70. The van der Waals surface area contributed by atoms with Gasteiger partial charge >= 0.3 is 0 Å². The van der Waals surface area contributed by atoms with Gasteiger partial charge in [0.2, 0.25) is 11.8 Å². The Hall–Kier alpha value is -1.53. The highest BCUT2D eigenvalue weighted by atomic mass is 32.2. The molecule has 0 saturated carbocycles. The van der Waals surface area contributed by atoms with Gasteiger partial charge in [0, 0.05) is 22.9 Å². The number of carbonyl (C=O) groups is 2. The number of nitrogens with two attached hydrogens (primary N) is 1. The number of nitrogens with one attached hydrogen (secondary N) is 2. The monoisotopic (exact) mass is 265 g/mol. The maximum absolute atomic E-state index is 11.9. The zero-order valence-corrected chi connectivity index (χ0v) is 10.8. The Morgan fingerprint density at radius 3 is 2.83 bits per heavy atom. The Balaban J connectivity index is 2.09. The van der Waals surface area contributed by atoms with Crippen LogP contribution < -0.4 is 16.4 Å². The number of carbonyl (C=O) groups excluding carboxylic acids is 2. The second kappa shape index (κ2) is 5.41. The van der Waals surface area contributed by atoms with Gasteiger partial charge in [0.25, 0.3) is 0 Å². The van der Waals surface area contributed by atoms with Gasteiger partial charge in [-0.1, -0.05) is 0 Å². The van der Waals surface area contributed by atoms with Crippen LogP contribution in [-0.4, -0.2) is 29.5 Å². The van der Waals surface area contributed by atoms with Crippen molar-refractivity contribution in [1.29, 1.82) is 0 Å². The van der Waals surface area contributed by atoms with Crippen molar-refractivity contribution in [2.75, 3.05) is 16.9 Å². The van der Waals surface area contributed by atoms with Crippen molar-refractivity contribution in [3.8, 4) is 0 Å². The molecule has 18 heavy (non-hydrogen) atoms. The van der Waals surface area contributed by atoms with E-state index in [4.69, 9.17) is 5.73 Å². The normalized spacial score (nSPS) is 18.6. The van der Waals surface area contributed by atoms with Gasteiger partial charge in [0.05, 0.1) is 6.04 Å². The molecule has 96 valence electrons. The number of aryl methyl sites for hydroxylation is 1. The number of benzene rings is 1. The van der Waals surface area contributed by atoms with Gasteiger partial charge in [-0.2, -0.15) is 0 Å². The molecule has 1 atom stereocenters. The summed E-state index contributed by atoms with van der Waals surface area (Å²) in [5, 5.41) is 5.95. The van der Waals surface area contributed by atoms with Crippen LogP contribution in [0.2, 0.25) is 0 Å². The third-order valence-corrected chi connectivity index (χ3v) is 3.74. The summed E-state index contributed by atoms with van der Waals surface area (Å²) in [4.78, 5) is 22.9. The fourth-order valence-electron chi connectivity index (χ4n) is 1.74. The van der Waals surface area contributed by atoms with Gasteiger partial charge in [-0.05, 0) is 30.7 Å². The molecular formula is C12H15N3O2S. The summed E-state index contributed by atoms with van der Waals surface area (Å²) in [5.41, 5.74) is 7.18. The number of rotatable bonds is 3. The summed E-state index contributed by atoms with van der Waals surface area (Å²) in [6.45, 7) is 1.83. The lowest BCUT2D eigenvalue weighted by molar-refractivity contribution is -0.117. The molecule has 0 aliphatic carbocycles. The number of anilines is 1. The van der Waals surface area contributed by atoms with Crippen molar-refractivity contribution in [1.82, 2.24) is 5.32 Å². The first-order valence-corrected chi connectivity index (χ1v) is 6.76. The Kier molecular flexibility index (Phi) is 3.88. The fraction of sp³-hybridized carbons (Fsp3) is 0.333. The summed E-state index contributed by atoms with van der Waals surface area (Å²) < 4.78 is 0. The lowest BCUT2D eigenvalue weighted by Crippen LogP contribution is -2.37. The Labute approximate surface area is 110 Å². The zero-order valence-electron chi connectivity index (χ0n) is 10.0. The van der Waals surface area contributed by atoms with E-state index in [2.05, 4.69) is 10.6 Å². The van der Waals surface area contributed by atoms with Crippen LogP contribution in [-0.2, 0) is 4.79 Å². The molecule has 1 aromatic rings. The third kappa shape index (κ3) is 2.83. The van der Waals surface area contributed by atoms with Gasteiger partial charge in [0.15, 0.2) is 0 Å². The van der Waals surface area contributed by atoms with Crippen molar-refractivity contribution >= 4 is 29.3 Å². The van der Waals surface area contributed by atoms with E-state index in [9.17, 15) is 9.59 Å². The van der Waals surface area contributed by atoms with E-state index in [0.717, 1.165) is 17.2 Å². The maximum Gasteiger partial charge on any atom is 0.248 e. The van der Waals surface area contributed by atoms with Crippen molar-refractivity contribution in [3.63, 3.8) is 0 Å². The SMILES string of the molecule is Cc1cc(C(N)=O)ccc1NC(=O)C1CSCN1. The zero-order chi connectivity index (χ0) is 13.1. The van der Waals surface area contributed by atoms with Crippen molar-refractivity contribution in [2.24, 2.45) is 5.73 Å². The topological polar surface area (TPSA) is 84.2 Å². The molecule has 2 amide bonds. The van der Waals surface area contributed by atoms with Gasteiger partial charge in [0.1, 0.15) is 0 Å². The first-order chi connectivity index (χ1) is 8.58. The minimum atomic E-state index is -0.468. The van der Waals surface area contributed by atoms with Crippen LogP contribution in [0.4, 0.5) is 5.69 Å². The summed E-state index contributed by atoms with van der Waals surface area (Å²) in [6, 6.07) is 4.84. The van der Waals surface area contributed by atoms with E-state index >= 15 is 0 Å². The van der Waals surface area contributed by atoms with Crippen LogP contribution in [0.15, 0.2) is 18.2 Å². The minimum absolute atomic E-state index is 0.0464. The highest BCUT2D eigenvalue weighted by molar-refractivity contribution is 7.99. The fourth-order valence-corrected chi connectivity index (χ4v) is 2.68. The number of hydrogen-bond donors (Lipinski definition) is 3. The van der Waals surface area contributed by atoms with E-state index in [0.29, 0.717) is 11.3 Å². The van der Waals surface area contributed by atoms with Crippen LogP contribution in [0.25, 0.3) is 0 Å². The molecule has 1 aromatic carbocycles. The molecule has 2 rings (SSSR count). The highest BCUT2D eigenvalue weighted by Gasteiger charge is 2.22. The quantitative estimate of drug-likeness (QED) is 0.751.